The van der Waals surface area contributed by atoms with Crippen LogP contribution in [0.1, 0.15) is 26.7 Å². The van der Waals surface area contributed by atoms with Gasteiger partial charge >= 0.3 is 5.97 Å². The Morgan fingerprint density at radius 2 is 1.91 bits per heavy atom. The average Bonchev–Trinajstić information content (AvgIpc) is 2.51. The van der Waals surface area contributed by atoms with E-state index >= 15 is 0 Å². The van der Waals surface area contributed by atoms with Gasteiger partial charge in [-0.25, -0.2) is 12.7 Å². The fourth-order valence-corrected chi connectivity index (χ4v) is 3.95. The van der Waals surface area contributed by atoms with Crippen LogP contribution in [0.3, 0.4) is 0 Å². The van der Waals surface area contributed by atoms with Gasteiger partial charge in [0.1, 0.15) is 6.54 Å². The molecule has 1 fully saturated rings. The molecule has 0 aromatic heterocycles. The van der Waals surface area contributed by atoms with Crippen molar-refractivity contribution in [3.05, 3.63) is 0 Å². The SMILES string of the molecule is CCS(=O)(=O)N1CCC(N(CC(=O)O)C(=O)C(C)SC)CC1. The zero-order valence-electron chi connectivity index (χ0n) is 13.2. The van der Waals surface area contributed by atoms with Gasteiger partial charge in [-0.15, -0.1) is 0 Å². The Morgan fingerprint density at radius 3 is 2.32 bits per heavy atom. The van der Waals surface area contributed by atoms with Crippen molar-refractivity contribution in [1.29, 1.82) is 0 Å². The van der Waals surface area contributed by atoms with E-state index in [-0.39, 0.29) is 29.5 Å². The number of thioether (sulfide) groups is 1. The Bertz CT molecular complexity index is 501. The van der Waals surface area contributed by atoms with E-state index < -0.39 is 16.0 Å². The Kier molecular flexibility index (Phi) is 7.14. The van der Waals surface area contributed by atoms with Crippen molar-refractivity contribution in [2.45, 2.75) is 38.0 Å². The number of hydrogen-bond donors (Lipinski definition) is 1. The second-order valence-corrected chi connectivity index (χ2v) is 8.70. The summed E-state index contributed by atoms with van der Waals surface area (Å²) >= 11 is 1.37. The summed E-state index contributed by atoms with van der Waals surface area (Å²) < 4.78 is 25.1. The Balaban J connectivity index is 2.78. The number of rotatable bonds is 7. The lowest BCUT2D eigenvalue weighted by molar-refractivity contribution is -0.146. The molecule has 1 aliphatic rings. The van der Waals surface area contributed by atoms with E-state index in [4.69, 9.17) is 5.11 Å². The van der Waals surface area contributed by atoms with E-state index in [2.05, 4.69) is 0 Å². The summed E-state index contributed by atoms with van der Waals surface area (Å²) in [7, 11) is -3.23. The van der Waals surface area contributed by atoms with Gasteiger partial charge in [0.15, 0.2) is 0 Å². The van der Waals surface area contributed by atoms with Crippen molar-refractivity contribution in [3.8, 4) is 0 Å². The van der Waals surface area contributed by atoms with Gasteiger partial charge in [-0.2, -0.15) is 11.8 Å². The molecule has 1 rings (SSSR count). The molecule has 0 aromatic rings. The standard InChI is InChI=1S/C13H24N2O5S2/c1-4-22(19,20)14-7-5-11(6-8-14)15(9-12(16)17)13(18)10(2)21-3/h10-11H,4-9H2,1-3H3,(H,16,17). The molecule has 0 radical (unpaired) electrons. The monoisotopic (exact) mass is 352 g/mol. The molecule has 0 bridgehead atoms. The maximum Gasteiger partial charge on any atom is 0.323 e. The minimum absolute atomic E-state index is 0.0545. The molecule has 1 aliphatic heterocycles. The second kappa shape index (κ2) is 8.16. The van der Waals surface area contributed by atoms with Gasteiger partial charge in [-0.1, -0.05) is 0 Å². The third kappa shape index (κ3) is 4.85. The quantitative estimate of drug-likeness (QED) is 0.715. The number of hydrogen-bond acceptors (Lipinski definition) is 5. The first kappa shape index (κ1) is 19.2. The number of nitrogens with zero attached hydrogens (tertiary/aromatic N) is 2. The number of carbonyl (C=O) groups excluding carboxylic acids is 1. The van der Waals surface area contributed by atoms with Crippen LogP contribution in [0.4, 0.5) is 0 Å². The van der Waals surface area contributed by atoms with Crippen molar-refractivity contribution in [1.82, 2.24) is 9.21 Å². The van der Waals surface area contributed by atoms with E-state index in [1.165, 1.54) is 21.0 Å². The van der Waals surface area contributed by atoms with E-state index in [1.807, 2.05) is 0 Å². The molecule has 7 nitrogen and oxygen atoms in total. The van der Waals surface area contributed by atoms with E-state index in [0.29, 0.717) is 25.9 Å². The highest BCUT2D eigenvalue weighted by molar-refractivity contribution is 7.99. The first-order valence-corrected chi connectivity index (χ1v) is 10.2. The van der Waals surface area contributed by atoms with Gasteiger partial charge in [-0.05, 0) is 32.9 Å². The number of sulfonamides is 1. The minimum atomic E-state index is -3.23. The molecule has 1 amide bonds. The van der Waals surface area contributed by atoms with Gasteiger partial charge in [0.25, 0.3) is 0 Å². The summed E-state index contributed by atoms with van der Waals surface area (Å²) in [5.74, 6) is -1.20. The maximum atomic E-state index is 12.4. The molecular weight excluding hydrogens is 328 g/mol. The predicted octanol–water partition coefficient (Wildman–Crippen LogP) is 0.465. The Morgan fingerprint density at radius 1 is 1.36 bits per heavy atom. The summed E-state index contributed by atoms with van der Waals surface area (Å²) in [6, 6.07) is -0.221. The molecule has 1 N–H and O–H groups in total. The number of carboxylic acid groups (broad SMARTS) is 1. The molecular formula is C13H24N2O5S2. The number of carbonyl (C=O) groups is 2. The number of amides is 1. The van der Waals surface area contributed by atoms with Crippen LogP contribution in [0.2, 0.25) is 0 Å². The van der Waals surface area contributed by atoms with Crippen LogP contribution in [0.25, 0.3) is 0 Å². The van der Waals surface area contributed by atoms with Gasteiger partial charge in [0, 0.05) is 19.1 Å². The molecule has 1 unspecified atom stereocenters. The number of aliphatic carboxylic acids is 1. The summed E-state index contributed by atoms with van der Waals surface area (Å²) in [4.78, 5) is 24.8. The minimum Gasteiger partial charge on any atom is -0.480 e. The van der Waals surface area contributed by atoms with E-state index in [1.54, 1.807) is 20.1 Å². The molecule has 1 saturated heterocycles. The van der Waals surface area contributed by atoms with Crippen LogP contribution in [0.5, 0.6) is 0 Å². The van der Waals surface area contributed by atoms with E-state index in [9.17, 15) is 18.0 Å². The fourth-order valence-electron chi connectivity index (χ4n) is 2.48. The second-order valence-electron chi connectivity index (χ2n) is 5.27. The summed E-state index contributed by atoms with van der Waals surface area (Å²) in [6.45, 7) is 3.67. The highest BCUT2D eigenvalue weighted by Gasteiger charge is 2.34. The van der Waals surface area contributed by atoms with Gasteiger partial charge in [0.2, 0.25) is 15.9 Å². The van der Waals surface area contributed by atoms with Crippen molar-refractivity contribution in [2.75, 3.05) is 31.6 Å². The largest absolute Gasteiger partial charge is 0.480 e. The topological polar surface area (TPSA) is 95.0 Å². The Hall–Kier alpha value is -0.800. The van der Waals surface area contributed by atoms with Crippen LogP contribution in [-0.2, 0) is 19.6 Å². The molecule has 0 saturated carbocycles. The third-order valence-corrected chi connectivity index (χ3v) is 6.70. The molecule has 0 aliphatic carbocycles. The summed E-state index contributed by atoms with van der Waals surface area (Å²) in [6.07, 6.45) is 2.75. The van der Waals surface area contributed by atoms with Crippen LogP contribution in [0, 0.1) is 0 Å². The predicted molar refractivity (Wildman–Crippen MR) is 86.4 cm³/mol. The van der Waals surface area contributed by atoms with Gasteiger partial charge in [0.05, 0.1) is 11.0 Å². The van der Waals surface area contributed by atoms with Gasteiger partial charge in [-0.3, -0.25) is 9.59 Å². The van der Waals surface area contributed by atoms with Crippen LogP contribution < -0.4 is 0 Å². The van der Waals surface area contributed by atoms with Crippen LogP contribution >= 0.6 is 11.8 Å². The molecule has 1 heterocycles. The highest BCUT2D eigenvalue weighted by atomic mass is 32.2. The maximum absolute atomic E-state index is 12.4. The van der Waals surface area contributed by atoms with Crippen LogP contribution in [0.15, 0.2) is 0 Å². The average molecular weight is 352 g/mol. The first-order chi connectivity index (χ1) is 10.2. The lowest BCUT2D eigenvalue weighted by Crippen LogP contribution is -2.52. The van der Waals surface area contributed by atoms with Gasteiger partial charge < -0.3 is 10.0 Å². The smallest absolute Gasteiger partial charge is 0.323 e. The van der Waals surface area contributed by atoms with Crippen molar-refractivity contribution < 1.29 is 23.1 Å². The molecule has 1 atom stereocenters. The highest BCUT2D eigenvalue weighted by Crippen LogP contribution is 2.21. The van der Waals surface area contributed by atoms with Crippen molar-refractivity contribution >= 4 is 33.7 Å². The molecule has 0 spiro atoms. The van der Waals surface area contributed by atoms with Crippen LogP contribution in [-0.4, -0.2) is 77.5 Å². The number of carboxylic acids is 1. The zero-order chi connectivity index (χ0) is 16.9. The molecule has 0 aromatic carbocycles. The number of piperidine rings is 1. The lowest BCUT2D eigenvalue weighted by atomic mass is 10.0. The Labute approximate surface area is 136 Å². The van der Waals surface area contributed by atoms with Crippen molar-refractivity contribution in [3.63, 3.8) is 0 Å². The zero-order valence-corrected chi connectivity index (χ0v) is 14.8. The molecule has 9 heteroatoms. The summed E-state index contributed by atoms with van der Waals surface area (Å²) in [5, 5.41) is 8.72. The first-order valence-electron chi connectivity index (χ1n) is 7.25. The fraction of sp³-hybridized carbons (Fsp3) is 0.846. The summed E-state index contributed by atoms with van der Waals surface area (Å²) in [5.41, 5.74) is 0. The molecule has 22 heavy (non-hydrogen) atoms. The lowest BCUT2D eigenvalue weighted by Gasteiger charge is -2.38. The third-order valence-electron chi connectivity index (χ3n) is 3.91. The van der Waals surface area contributed by atoms with Crippen molar-refractivity contribution in [2.24, 2.45) is 0 Å². The normalized spacial score (nSPS) is 18.9. The molecule has 128 valence electrons. The van der Waals surface area contributed by atoms with E-state index in [0.717, 1.165) is 0 Å².